The smallest absolute Gasteiger partial charge is 0.252 e. The highest BCUT2D eigenvalue weighted by Gasteiger charge is 2.11. The van der Waals surface area contributed by atoms with Crippen LogP contribution in [0.4, 0.5) is 5.69 Å². The first-order valence-electron chi connectivity index (χ1n) is 5.97. The van der Waals surface area contributed by atoms with Crippen molar-refractivity contribution in [2.45, 2.75) is 20.4 Å². The van der Waals surface area contributed by atoms with Crippen molar-refractivity contribution in [2.75, 3.05) is 5.73 Å². The Kier molecular flexibility index (Phi) is 3.50. The van der Waals surface area contributed by atoms with E-state index in [1.54, 1.807) is 17.0 Å². The van der Waals surface area contributed by atoms with Gasteiger partial charge in [0.05, 0.1) is 6.54 Å². The number of hydrogen-bond donors (Lipinski definition) is 2. The van der Waals surface area contributed by atoms with Crippen LogP contribution in [0.5, 0.6) is 0 Å². The third-order valence-corrected chi connectivity index (χ3v) is 3.07. The SMILES string of the molecule is Cc1cc(C)c(C(=O)NCc2nncn2C)cc1N. The zero-order chi connectivity index (χ0) is 14.0. The minimum absolute atomic E-state index is 0.160. The van der Waals surface area contributed by atoms with E-state index in [-0.39, 0.29) is 5.91 Å². The first-order chi connectivity index (χ1) is 8.99. The summed E-state index contributed by atoms with van der Waals surface area (Å²) in [5, 5.41) is 10.5. The summed E-state index contributed by atoms with van der Waals surface area (Å²) in [5.74, 6) is 0.540. The lowest BCUT2D eigenvalue weighted by Crippen LogP contribution is -2.25. The van der Waals surface area contributed by atoms with E-state index in [4.69, 9.17) is 5.73 Å². The maximum atomic E-state index is 12.1. The van der Waals surface area contributed by atoms with Crippen LogP contribution in [0.1, 0.15) is 27.3 Å². The predicted octanol–water partition coefficient (Wildman–Crippen LogP) is 0.944. The van der Waals surface area contributed by atoms with Crippen molar-refractivity contribution in [3.8, 4) is 0 Å². The van der Waals surface area contributed by atoms with Crippen molar-refractivity contribution >= 4 is 11.6 Å². The van der Waals surface area contributed by atoms with Crippen LogP contribution in [0.3, 0.4) is 0 Å². The van der Waals surface area contributed by atoms with E-state index in [1.807, 2.05) is 27.0 Å². The largest absolute Gasteiger partial charge is 0.398 e. The normalized spacial score (nSPS) is 10.5. The van der Waals surface area contributed by atoms with E-state index >= 15 is 0 Å². The molecular formula is C13H17N5O. The number of amides is 1. The number of carbonyl (C=O) groups excluding carboxylic acids is 1. The summed E-state index contributed by atoms with van der Waals surface area (Å²) in [4.78, 5) is 12.1. The molecule has 0 aliphatic heterocycles. The fourth-order valence-electron chi connectivity index (χ4n) is 1.84. The molecular weight excluding hydrogens is 242 g/mol. The van der Waals surface area contributed by atoms with Gasteiger partial charge < -0.3 is 15.6 Å². The van der Waals surface area contributed by atoms with Gasteiger partial charge in [0.2, 0.25) is 0 Å². The van der Waals surface area contributed by atoms with Gasteiger partial charge in [0.15, 0.2) is 5.82 Å². The van der Waals surface area contributed by atoms with E-state index in [0.717, 1.165) is 11.1 Å². The Bertz CT molecular complexity index is 617. The van der Waals surface area contributed by atoms with Gasteiger partial charge in [-0.3, -0.25) is 4.79 Å². The number of aryl methyl sites for hydroxylation is 3. The zero-order valence-corrected chi connectivity index (χ0v) is 11.3. The van der Waals surface area contributed by atoms with Gasteiger partial charge in [0.25, 0.3) is 5.91 Å². The average molecular weight is 259 g/mol. The highest BCUT2D eigenvalue weighted by molar-refractivity contribution is 5.96. The lowest BCUT2D eigenvalue weighted by atomic mass is 10.0. The van der Waals surface area contributed by atoms with Crippen molar-refractivity contribution < 1.29 is 4.79 Å². The van der Waals surface area contributed by atoms with Crippen LogP contribution >= 0.6 is 0 Å². The number of nitrogens with two attached hydrogens (primary N) is 1. The Morgan fingerprint density at radius 3 is 2.74 bits per heavy atom. The third kappa shape index (κ3) is 2.73. The zero-order valence-electron chi connectivity index (χ0n) is 11.3. The Morgan fingerprint density at radius 1 is 1.37 bits per heavy atom. The van der Waals surface area contributed by atoms with Gasteiger partial charge in [-0.05, 0) is 31.0 Å². The minimum Gasteiger partial charge on any atom is -0.398 e. The first-order valence-corrected chi connectivity index (χ1v) is 5.97. The molecule has 0 bridgehead atoms. The van der Waals surface area contributed by atoms with E-state index in [1.165, 1.54) is 0 Å². The van der Waals surface area contributed by atoms with Crippen molar-refractivity contribution in [1.82, 2.24) is 20.1 Å². The van der Waals surface area contributed by atoms with Crippen molar-refractivity contribution in [3.05, 3.63) is 41.0 Å². The molecule has 1 heterocycles. The molecule has 0 fully saturated rings. The van der Waals surface area contributed by atoms with E-state index in [9.17, 15) is 4.79 Å². The van der Waals surface area contributed by atoms with Crippen LogP contribution in [-0.4, -0.2) is 20.7 Å². The monoisotopic (exact) mass is 259 g/mol. The van der Waals surface area contributed by atoms with Crippen LogP contribution in [0, 0.1) is 13.8 Å². The fourth-order valence-corrected chi connectivity index (χ4v) is 1.84. The average Bonchev–Trinajstić information content (AvgIpc) is 2.76. The van der Waals surface area contributed by atoms with Gasteiger partial charge >= 0.3 is 0 Å². The molecule has 0 spiro atoms. The van der Waals surface area contributed by atoms with Gasteiger partial charge in [-0.15, -0.1) is 10.2 Å². The molecule has 0 saturated carbocycles. The second kappa shape index (κ2) is 5.09. The summed E-state index contributed by atoms with van der Waals surface area (Å²) in [7, 11) is 1.83. The molecule has 1 aromatic carbocycles. The number of nitrogens with zero attached hydrogens (tertiary/aromatic N) is 3. The molecule has 3 N–H and O–H groups in total. The molecule has 0 atom stereocenters. The van der Waals surface area contributed by atoms with Crippen molar-refractivity contribution in [3.63, 3.8) is 0 Å². The van der Waals surface area contributed by atoms with E-state index < -0.39 is 0 Å². The highest BCUT2D eigenvalue weighted by atomic mass is 16.1. The maximum absolute atomic E-state index is 12.1. The van der Waals surface area contributed by atoms with Crippen molar-refractivity contribution in [1.29, 1.82) is 0 Å². The summed E-state index contributed by atoms with van der Waals surface area (Å²) < 4.78 is 1.76. The standard InChI is InChI=1S/C13H17N5O/c1-8-4-9(2)11(14)5-10(8)13(19)15-6-12-17-16-7-18(12)3/h4-5,7H,6,14H2,1-3H3,(H,15,19). The van der Waals surface area contributed by atoms with Gasteiger partial charge in [-0.25, -0.2) is 0 Å². The second-order valence-corrected chi connectivity index (χ2v) is 4.56. The lowest BCUT2D eigenvalue weighted by molar-refractivity contribution is 0.0949. The molecule has 0 saturated heterocycles. The summed E-state index contributed by atoms with van der Waals surface area (Å²) in [6.45, 7) is 4.15. The van der Waals surface area contributed by atoms with Crippen LogP contribution in [-0.2, 0) is 13.6 Å². The molecule has 0 aliphatic rings. The summed E-state index contributed by atoms with van der Waals surface area (Å²) in [6, 6.07) is 3.61. The fraction of sp³-hybridized carbons (Fsp3) is 0.308. The number of aromatic nitrogens is 3. The predicted molar refractivity (Wildman–Crippen MR) is 72.5 cm³/mol. The van der Waals surface area contributed by atoms with Crippen LogP contribution < -0.4 is 11.1 Å². The quantitative estimate of drug-likeness (QED) is 0.803. The highest BCUT2D eigenvalue weighted by Crippen LogP contribution is 2.17. The number of hydrogen-bond acceptors (Lipinski definition) is 4. The number of nitrogen functional groups attached to an aromatic ring is 1. The molecule has 19 heavy (non-hydrogen) atoms. The summed E-state index contributed by atoms with van der Waals surface area (Å²) >= 11 is 0. The van der Waals surface area contributed by atoms with Crippen LogP contribution in [0.15, 0.2) is 18.5 Å². The van der Waals surface area contributed by atoms with Gasteiger partial charge in [-0.2, -0.15) is 0 Å². The lowest BCUT2D eigenvalue weighted by Gasteiger charge is -2.10. The molecule has 1 aromatic heterocycles. The van der Waals surface area contributed by atoms with Crippen LogP contribution in [0.2, 0.25) is 0 Å². The van der Waals surface area contributed by atoms with Gasteiger partial charge in [-0.1, -0.05) is 6.07 Å². The number of rotatable bonds is 3. The number of benzene rings is 1. The molecule has 100 valence electrons. The first kappa shape index (κ1) is 13.1. The topological polar surface area (TPSA) is 85.8 Å². The maximum Gasteiger partial charge on any atom is 0.252 e. The second-order valence-electron chi connectivity index (χ2n) is 4.56. The third-order valence-electron chi connectivity index (χ3n) is 3.07. The van der Waals surface area contributed by atoms with Gasteiger partial charge in [0.1, 0.15) is 6.33 Å². The molecule has 6 nitrogen and oxygen atoms in total. The minimum atomic E-state index is -0.160. The van der Waals surface area contributed by atoms with E-state index in [0.29, 0.717) is 23.6 Å². The van der Waals surface area contributed by atoms with Gasteiger partial charge in [0, 0.05) is 18.3 Å². The van der Waals surface area contributed by atoms with E-state index in [2.05, 4.69) is 15.5 Å². The number of nitrogens with one attached hydrogen (secondary N) is 1. The Labute approximate surface area is 111 Å². The summed E-state index contributed by atoms with van der Waals surface area (Å²) in [6.07, 6.45) is 1.59. The van der Waals surface area contributed by atoms with Crippen LogP contribution in [0.25, 0.3) is 0 Å². The molecule has 6 heteroatoms. The number of carbonyl (C=O) groups is 1. The Morgan fingerprint density at radius 2 is 2.11 bits per heavy atom. The Hall–Kier alpha value is -2.37. The summed E-state index contributed by atoms with van der Waals surface area (Å²) in [5.41, 5.74) is 8.92. The van der Waals surface area contributed by atoms with Crippen molar-refractivity contribution in [2.24, 2.45) is 7.05 Å². The number of anilines is 1. The molecule has 0 aliphatic carbocycles. The molecule has 2 rings (SSSR count). The molecule has 0 unspecified atom stereocenters. The Balaban J connectivity index is 2.12. The molecule has 2 aromatic rings. The molecule has 0 radical (unpaired) electrons. The molecule has 1 amide bonds.